The minimum atomic E-state index is -0.328. The molecule has 0 fully saturated rings. The molecular weight excluding hydrogens is 647 g/mol. The molecule has 4 nitrogen and oxygen atoms in total. The summed E-state index contributed by atoms with van der Waals surface area (Å²) in [5, 5.41) is 12.2. The van der Waals surface area contributed by atoms with E-state index in [1.165, 1.54) is 27.5 Å². The van der Waals surface area contributed by atoms with E-state index in [1.54, 1.807) is 0 Å². The fourth-order valence-electron chi connectivity index (χ4n) is 7.62. The Labute approximate surface area is 308 Å². The SMILES string of the molecule is c1ccc(-c2ccc(-c3ccc(C4=NC(c5cccc6oc7cc(-c8ccccc8)ccc7c56)NC(c5ccc6ccccc6c5)N4)cc3)cc2)cc1. The van der Waals surface area contributed by atoms with Crippen molar-refractivity contribution in [1.29, 1.82) is 0 Å². The summed E-state index contributed by atoms with van der Waals surface area (Å²) in [6.45, 7) is 0. The van der Waals surface area contributed by atoms with Crippen molar-refractivity contribution >= 4 is 38.5 Å². The fourth-order valence-corrected chi connectivity index (χ4v) is 7.62. The number of fused-ring (bicyclic) bond motifs is 4. The van der Waals surface area contributed by atoms with Crippen LogP contribution in [0.5, 0.6) is 0 Å². The van der Waals surface area contributed by atoms with Crippen molar-refractivity contribution in [1.82, 2.24) is 10.6 Å². The van der Waals surface area contributed by atoms with Gasteiger partial charge in [-0.2, -0.15) is 0 Å². The Balaban J connectivity index is 1.04. The summed E-state index contributed by atoms with van der Waals surface area (Å²) >= 11 is 0. The Morgan fingerprint density at radius 1 is 0.434 bits per heavy atom. The molecular formula is C49H35N3O. The maximum atomic E-state index is 6.51. The Bertz CT molecular complexity index is 2770. The van der Waals surface area contributed by atoms with Gasteiger partial charge in [-0.25, -0.2) is 4.99 Å². The zero-order valence-corrected chi connectivity index (χ0v) is 28.9. The summed E-state index contributed by atoms with van der Waals surface area (Å²) in [6, 6.07) is 66.4. The Morgan fingerprint density at radius 3 is 1.72 bits per heavy atom. The van der Waals surface area contributed by atoms with Gasteiger partial charge in [0, 0.05) is 21.9 Å². The molecule has 53 heavy (non-hydrogen) atoms. The van der Waals surface area contributed by atoms with E-state index in [2.05, 4.69) is 193 Å². The van der Waals surface area contributed by atoms with Crippen molar-refractivity contribution in [3.8, 4) is 33.4 Å². The van der Waals surface area contributed by atoms with Gasteiger partial charge in [0.05, 0.1) is 0 Å². The third-order valence-electron chi connectivity index (χ3n) is 10.4. The molecule has 0 aliphatic carbocycles. The molecule has 2 atom stereocenters. The number of hydrogen-bond acceptors (Lipinski definition) is 4. The van der Waals surface area contributed by atoms with Gasteiger partial charge >= 0.3 is 0 Å². The summed E-state index contributed by atoms with van der Waals surface area (Å²) < 4.78 is 6.51. The first kappa shape index (κ1) is 31.0. The molecule has 9 aromatic rings. The smallest absolute Gasteiger partial charge is 0.136 e. The molecule has 8 aromatic carbocycles. The van der Waals surface area contributed by atoms with Crippen LogP contribution in [0.2, 0.25) is 0 Å². The zero-order valence-electron chi connectivity index (χ0n) is 28.9. The van der Waals surface area contributed by atoms with E-state index in [-0.39, 0.29) is 12.3 Å². The zero-order chi connectivity index (χ0) is 35.1. The van der Waals surface area contributed by atoms with Crippen LogP contribution >= 0.6 is 0 Å². The molecule has 0 saturated heterocycles. The van der Waals surface area contributed by atoms with Crippen LogP contribution in [-0.4, -0.2) is 5.84 Å². The number of rotatable bonds is 6. The molecule has 4 heteroatoms. The minimum Gasteiger partial charge on any atom is -0.456 e. The lowest BCUT2D eigenvalue weighted by atomic mass is 9.98. The van der Waals surface area contributed by atoms with E-state index in [1.807, 2.05) is 6.07 Å². The molecule has 2 heterocycles. The molecule has 0 spiro atoms. The summed E-state index contributed by atoms with van der Waals surface area (Å²) in [5.41, 5.74) is 12.0. The first-order valence-corrected chi connectivity index (χ1v) is 18.1. The number of furan rings is 1. The second kappa shape index (κ2) is 13.1. The van der Waals surface area contributed by atoms with Crippen LogP contribution in [0.1, 0.15) is 29.0 Å². The van der Waals surface area contributed by atoms with Crippen LogP contribution in [-0.2, 0) is 0 Å². The van der Waals surface area contributed by atoms with E-state index in [9.17, 15) is 0 Å². The van der Waals surface area contributed by atoms with Crippen molar-refractivity contribution in [2.45, 2.75) is 12.3 Å². The first-order valence-electron chi connectivity index (χ1n) is 18.1. The Hall–Kier alpha value is -6.75. The average Bonchev–Trinajstić information content (AvgIpc) is 3.62. The molecule has 1 aliphatic heterocycles. The van der Waals surface area contributed by atoms with E-state index in [0.717, 1.165) is 61.2 Å². The predicted octanol–water partition coefficient (Wildman–Crippen LogP) is 12.1. The van der Waals surface area contributed by atoms with Gasteiger partial charge in [0.1, 0.15) is 29.3 Å². The summed E-state index contributed by atoms with van der Waals surface area (Å²) in [7, 11) is 0. The van der Waals surface area contributed by atoms with Crippen molar-refractivity contribution < 1.29 is 4.42 Å². The molecule has 252 valence electrons. The largest absolute Gasteiger partial charge is 0.456 e. The Morgan fingerprint density at radius 2 is 1.02 bits per heavy atom. The monoisotopic (exact) mass is 681 g/mol. The molecule has 1 aliphatic rings. The molecule has 0 amide bonds. The normalized spacial score (nSPS) is 15.7. The van der Waals surface area contributed by atoms with Gasteiger partial charge in [-0.15, -0.1) is 0 Å². The van der Waals surface area contributed by atoms with Crippen LogP contribution in [0.3, 0.4) is 0 Å². The number of aliphatic imine (C=N–C) groups is 1. The minimum absolute atomic E-state index is 0.180. The van der Waals surface area contributed by atoms with Crippen molar-refractivity contribution in [3.05, 3.63) is 205 Å². The van der Waals surface area contributed by atoms with Crippen LogP contribution in [0.4, 0.5) is 0 Å². The maximum Gasteiger partial charge on any atom is 0.136 e. The molecule has 10 rings (SSSR count). The highest BCUT2D eigenvalue weighted by atomic mass is 16.3. The first-order chi connectivity index (χ1) is 26.2. The molecule has 2 unspecified atom stereocenters. The van der Waals surface area contributed by atoms with Crippen LogP contribution in [0, 0.1) is 0 Å². The van der Waals surface area contributed by atoms with Gasteiger partial charge in [-0.3, -0.25) is 5.32 Å². The summed E-state index contributed by atoms with van der Waals surface area (Å²) in [5.74, 6) is 0.842. The van der Waals surface area contributed by atoms with E-state index in [4.69, 9.17) is 9.41 Å². The molecule has 2 N–H and O–H groups in total. The van der Waals surface area contributed by atoms with Crippen LogP contribution < -0.4 is 10.6 Å². The molecule has 0 radical (unpaired) electrons. The van der Waals surface area contributed by atoms with Crippen molar-refractivity contribution in [2.24, 2.45) is 4.99 Å². The van der Waals surface area contributed by atoms with E-state index >= 15 is 0 Å². The lowest BCUT2D eigenvalue weighted by Crippen LogP contribution is -2.45. The molecule has 0 saturated carbocycles. The number of benzene rings is 8. The topological polar surface area (TPSA) is 49.6 Å². The Kier molecular flexibility index (Phi) is 7.67. The third-order valence-corrected chi connectivity index (χ3v) is 10.4. The summed E-state index contributed by atoms with van der Waals surface area (Å²) in [4.78, 5) is 5.36. The number of hydrogen-bond donors (Lipinski definition) is 2. The quantitative estimate of drug-likeness (QED) is 0.184. The van der Waals surface area contributed by atoms with Gasteiger partial charge in [0.15, 0.2) is 0 Å². The van der Waals surface area contributed by atoms with Crippen molar-refractivity contribution in [3.63, 3.8) is 0 Å². The van der Waals surface area contributed by atoms with E-state index < -0.39 is 0 Å². The van der Waals surface area contributed by atoms with Gasteiger partial charge in [-0.05, 0) is 74.0 Å². The maximum absolute atomic E-state index is 6.51. The van der Waals surface area contributed by atoms with Gasteiger partial charge in [-0.1, -0.05) is 164 Å². The van der Waals surface area contributed by atoms with Crippen molar-refractivity contribution in [2.75, 3.05) is 0 Å². The molecule has 0 bridgehead atoms. The standard InChI is InChI=1S/C49H35N3O/c1-3-10-32(11-4-1)35-18-20-36(21-19-35)37-22-25-38(26-23-37)47-50-48(41-27-24-34-14-7-8-15-39(34)30-41)52-49(51-47)43-16-9-17-44-46(43)42-29-28-40(31-45(42)53-44)33-12-5-2-6-13-33/h1-31,48-49,52H,(H,50,51). The third kappa shape index (κ3) is 5.85. The molecule has 1 aromatic heterocycles. The second-order valence-electron chi connectivity index (χ2n) is 13.7. The lowest BCUT2D eigenvalue weighted by molar-refractivity contribution is 0.411. The average molecular weight is 682 g/mol. The highest BCUT2D eigenvalue weighted by Gasteiger charge is 2.28. The highest BCUT2D eigenvalue weighted by Crippen LogP contribution is 2.38. The van der Waals surface area contributed by atoms with Crippen LogP contribution in [0.25, 0.3) is 66.1 Å². The van der Waals surface area contributed by atoms with Crippen LogP contribution in [0.15, 0.2) is 197 Å². The second-order valence-corrected chi connectivity index (χ2v) is 13.7. The fraction of sp³-hybridized carbons (Fsp3) is 0.0408. The van der Waals surface area contributed by atoms with Gasteiger partial charge < -0.3 is 9.73 Å². The number of nitrogens with zero attached hydrogens (tertiary/aromatic N) is 1. The number of nitrogens with one attached hydrogen (secondary N) is 2. The highest BCUT2D eigenvalue weighted by molar-refractivity contribution is 6.08. The van der Waals surface area contributed by atoms with Gasteiger partial charge in [0.2, 0.25) is 0 Å². The number of amidine groups is 1. The lowest BCUT2D eigenvalue weighted by Gasteiger charge is -2.32. The predicted molar refractivity (Wildman–Crippen MR) is 219 cm³/mol. The van der Waals surface area contributed by atoms with Gasteiger partial charge in [0.25, 0.3) is 0 Å². The van der Waals surface area contributed by atoms with E-state index in [0.29, 0.717) is 0 Å². The summed E-state index contributed by atoms with van der Waals surface area (Å²) in [6.07, 6.45) is -0.508.